The van der Waals surface area contributed by atoms with Crippen molar-refractivity contribution in [2.75, 3.05) is 62.7 Å². The molecule has 0 aliphatic carbocycles. The predicted octanol–water partition coefficient (Wildman–Crippen LogP) is 4.63. The Kier molecular flexibility index (Phi) is 7.30. The normalized spacial score (nSPS) is 21.1. The van der Waals surface area contributed by atoms with Crippen LogP contribution in [0.5, 0.6) is 0 Å². The summed E-state index contributed by atoms with van der Waals surface area (Å²) in [6, 6.07) is 13.9. The molecule has 2 saturated heterocycles. The molecule has 0 aromatic heterocycles. The zero-order valence-corrected chi connectivity index (χ0v) is 21.3. The molecule has 2 aromatic carbocycles. The zero-order valence-electron chi connectivity index (χ0n) is 20.6. The standard InChI is InChI=1S/C28H35ClN4O2/c1-30-15-17-32(18-16-30)27(34)19-21-7-6-14-33(26-9-3-2-8-23(21)26)28(35)24-11-10-22(20-25(24)29)31-12-4-5-13-31/h2-3,8-11,20-21H,4-7,12-19H2,1H3. The lowest BCUT2D eigenvalue weighted by Gasteiger charge is -2.33. The average Bonchev–Trinajstić information content (AvgIpc) is 3.35. The van der Waals surface area contributed by atoms with Gasteiger partial charge in [0.15, 0.2) is 0 Å². The first-order chi connectivity index (χ1) is 17.0. The van der Waals surface area contributed by atoms with Gasteiger partial charge in [0.25, 0.3) is 5.91 Å². The number of amides is 2. The molecule has 0 N–H and O–H groups in total. The van der Waals surface area contributed by atoms with Crippen LogP contribution >= 0.6 is 11.6 Å². The van der Waals surface area contributed by atoms with Gasteiger partial charge >= 0.3 is 0 Å². The molecule has 2 fully saturated rings. The van der Waals surface area contributed by atoms with Gasteiger partial charge in [-0.2, -0.15) is 0 Å². The number of carbonyl (C=O) groups excluding carboxylic acids is 2. The van der Waals surface area contributed by atoms with E-state index in [1.54, 1.807) is 0 Å². The summed E-state index contributed by atoms with van der Waals surface area (Å²) in [4.78, 5) is 35.3. The minimum Gasteiger partial charge on any atom is -0.371 e. The molecule has 3 heterocycles. The number of hydrogen-bond acceptors (Lipinski definition) is 4. The van der Waals surface area contributed by atoms with E-state index < -0.39 is 0 Å². The van der Waals surface area contributed by atoms with Crippen LogP contribution in [0.25, 0.3) is 0 Å². The molecular formula is C28H35ClN4O2. The maximum Gasteiger partial charge on any atom is 0.259 e. The van der Waals surface area contributed by atoms with Crippen LogP contribution < -0.4 is 9.80 Å². The lowest BCUT2D eigenvalue weighted by molar-refractivity contribution is -0.133. The van der Waals surface area contributed by atoms with Crippen LogP contribution in [0.3, 0.4) is 0 Å². The number of anilines is 2. The summed E-state index contributed by atoms with van der Waals surface area (Å²) in [6.07, 6.45) is 4.63. The van der Waals surface area contributed by atoms with Crippen LogP contribution in [0, 0.1) is 0 Å². The number of piperazine rings is 1. The molecule has 7 heteroatoms. The highest BCUT2D eigenvalue weighted by Gasteiger charge is 2.30. The topological polar surface area (TPSA) is 47.1 Å². The SMILES string of the molecule is CN1CCN(C(=O)CC2CCCN(C(=O)c3ccc(N4CCCC4)cc3Cl)c3ccccc32)CC1. The van der Waals surface area contributed by atoms with Crippen molar-refractivity contribution in [3.8, 4) is 0 Å². The third-order valence-electron chi connectivity index (χ3n) is 7.78. The summed E-state index contributed by atoms with van der Waals surface area (Å²) in [7, 11) is 2.10. The van der Waals surface area contributed by atoms with Crippen molar-refractivity contribution >= 4 is 34.8 Å². The largest absolute Gasteiger partial charge is 0.371 e. The minimum atomic E-state index is -0.0681. The third kappa shape index (κ3) is 5.19. The van der Waals surface area contributed by atoms with E-state index in [1.807, 2.05) is 46.2 Å². The summed E-state index contributed by atoms with van der Waals surface area (Å²) in [5, 5.41) is 0.503. The van der Waals surface area contributed by atoms with E-state index in [0.29, 0.717) is 23.6 Å². The first-order valence-corrected chi connectivity index (χ1v) is 13.3. The van der Waals surface area contributed by atoms with Gasteiger partial charge in [0.05, 0.1) is 10.6 Å². The molecule has 35 heavy (non-hydrogen) atoms. The van der Waals surface area contributed by atoms with Gasteiger partial charge in [0.1, 0.15) is 0 Å². The number of halogens is 1. The second-order valence-corrected chi connectivity index (χ2v) is 10.5. The summed E-state index contributed by atoms with van der Waals surface area (Å²) < 4.78 is 0. The highest BCUT2D eigenvalue weighted by atomic mass is 35.5. The number of para-hydroxylation sites is 1. The van der Waals surface area contributed by atoms with Crippen molar-refractivity contribution < 1.29 is 9.59 Å². The molecule has 0 bridgehead atoms. The highest BCUT2D eigenvalue weighted by Crippen LogP contribution is 2.38. The van der Waals surface area contributed by atoms with Gasteiger partial charge in [-0.3, -0.25) is 9.59 Å². The van der Waals surface area contributed by atoms with Crippen LogP contribution in [0.2, 0.25) is 5.02 Å². The molecule has 6 nitrogen and oxygen atoms in total. The monoisotopic (exact) mass is 494 g/mol. The summed E-state index contributed by atoms with van der Waals surface area (Å²) in [5.41, 5.74) is 3.62. The van der Waals surface area contributed by atoms with Crippen molar-refractivity contribution in [2.45, 2.75) is 38.0 Å². The maximum atomic E-state index is 13.7. The van der Waals surface area contributed by atoms with Gasteiger partial charge in [0, 0.05) is 63.6 Å². The fourth-order valence-corrected chi connectivity index (χ4v) is 5.92. The van der Waals surface area contributed by atoms with Crippen LogP contribution in [-0.4, -0.2) is 74.5 Å². The Hall–Kier alpha value is -2.57. The van der Waals surface area contributed by atoms with E-state index in [2.05, 4.69) is 22.9 Å². The fourth-order valence-electron chi connectivity index (χ4n) is 5.66. The Morgan fingerprint density at radius 1 is 0.914 bits per heavy atom. The molecule has 2 amide bonds. The van der Waals surface area contributed by atoms with Gasteiger partial charge < -0.3 is 19.6 Å². The molecule has 0 spiro atoms. The fraction of sp³-hybridized carbons (Fsp3) is 0.500. The number of hydrogen-bond donors (Lipinski definition) is 0. The molecule has 3 aliphatic heterocycles. The Bertz CT molecular complexity index is 1080. The molecule has 3 aliphatic rings. The molecule has 0 radical (unpaired) electrons. The smallest absolute Gasteiger partial charge is 0.259 e. The van der Waals surface area contributed by atoms with Gasteiger partial charge in [-0.1, -0.05) is 29.8 Å². The minimum absolute atomic E-state index is 0.0681. The highest BCUT2D eigenvalue weighted by molar-refractivity contribution is 6.34. The van der Waals surface area contributed by atoms with Crippen molar-refractivity contribution in [3.63, 3.8) is 0 Å². The second-order valence-electron chi connectivity index (χ2n) is 10.1. The van der Waals surface area contributed by atoms with E-state index in [4.69, 9.17) is 11.6 Å². The quantitative estimate of drug-likeness (QED) is 0.621. The third-order valence-corrected chi connectivity index (χ3v) is 8.09. The molecule has 5 rings (SSSR count). The number of fused-ring (bicyclic) bond motifs is 1. The number of likely N-dealkylation sites (N-methyl/N-ethyl adjacent to an activating group) is 1. The average molecular weight is 495 g/mol. The van der Waals surface area contributed by atoms with E-state index in [9.17, 15) is 9.59 Å². The van der Waals surface area contributed by atoms with Gasteiger partial charge in [-0.15, -0.1) is 0 Å². The first-order valence-electron chi connectivity index (χ1n) is 12.9. The van der Waals surface area contributed by atoms with E-state index in [0.717, 1.165) is 69.0 Å². The molecular weight excluding hydrogens is 460 g/mol. The van der Waals surface area contributed by atoms with Gasteiger partial charge in [-0.25, -0.2) is 0 Å². The van der Waals surface area contributed by atoms with Crippen LogP contribution in [0.4, 0.5) is 11.4 Å². The van der Waals surface area contributed by atoms with E-state index in [-0.39, 0.29) is 17.7 Å². The zero-order chi connectivity index (χ0) is 24.4. The molecule has 186 valence electrons. The summed E-state index contributed by atoms with van der Waals surface area (Å²) >= 11 is 6.66. The van der Waals surface area contributed by atoms with Crippen molar-refractivity contribution in [3.05, 3.63) is 58.6 Å². The van der Waals surface area contributed by atoms with Crippen LogP contribution in [-0.2, 0) is 4.79 Å². The van der Waals surface area contributed by atoms with Crippen molar-refractivity contribution in [1.29, 1.82) is 0 Å². The van der Waals surface area contributed by atoms with Gasteiger partial charge in [-0.05, 0) is 68.5 Å². The van der Waals surface area contributed by atoms with Gasteiger partial charge in [0.2, 0.25) is 5.91 Å². The maximum absolute atomic E-state index is 13.7. The number of carbonyl (C=O) groups is 2. The first kappa shape index (κ1) is 24.1. The Morgan fingerprint density at radius 3 is 2.40 bits per heavy atom. The predicted molar refractivity (Wildman–Crippen MR) is 142 cm³/mol. The molecule has 0 saturated carbocycles. The number of benzene rings is 2. The number of rotatable bonds is 4. The molecule has 1 unspecified atom stereocenters. The number of nitrogens with zero attached hydrogens (tertiary/aromatic N) is 4. The van der Waals surface area contributed by atoms with Crippen molar-refractivity contribution in [2.24, 2.45) is 0 Å². The Balaban J connectivity index is 1.36. The summed E-state index contributed by atoms with van der Waals surface area (Å²) in [6.45, 7) is 6.13. The summed E-state index contributed by atoms with van der Waals surface area (Å²) in [5.74, 6) is 0.267. The lowest BCUT2D eigenvalue weighted by atomic mass is 9.90. The van der Waals surface area contributed by atoms with Crippen LogP contribution in [0.15, 0.2) is 42.5 Å². The Morgan fingerprint density at radius 2 is 1.66 bits per heavy atom. The molecule has 1 atom stereocenters. The Labute approximate surface area is 213 Å². The lowest BCUT2D eigenvalue weighted by Crippen LogP contribution is -2.47. The van der Waals surface area contributed by atoms with E-state index >= 15 is 0 Å². The van der Waals surface area contributed by atoms with Crippen LogP contribution in [0.1, 0.15) is 53.9 Å². The second kappa shape index (κ2) is 10.6. The van der Waals surface area contributed by atoms with Crippen molar-refractivity contribution in [1.82, 2.24) is 9.80 Å². The van der Waals surface area contributed by atoms with E-state index in [1.165, 1.54) is 12.8 Å². The molecule has 2 aromatic rings.